The lowest BCUT2D eigenvalue weighted by atomic mass is 10.1. The number of carbonyl (C=O) groups excluding carboxylic acids is 1. The SMILES string of the molecule is O=C([O-])c1cnn2c1nnc1cc3ccccc3cc12. The molecule has 0 spiro atoms. The lowest BCUT2D eigenvalue weighted by Gasteiger charge is -2.04. The monoisotopic (exact) mass is 263 g/mol. The van der Waals surface area contributed by atoms with Crippen molar-refractivity contribution < 1.29 is 9.90 Å². The van der Waals surface area contributed by atoms with Gasteiger partial charge in [0.15, 0.2) is 5.65 Å². The fourth-order valence-electron chi connectivity index (χ4n) is 2.33. The first-order valence-corrected chi connectivity index (χ1v) is 5.98. The van der Waals surface area contributed by atoms with E-state index in [9.17, 15) is 9.90 Å². The van der Waals surface area contributed by atoms with Gasteiger partial charge in [-0.2, -0.15) is 5.10 Å². The minimum absolute atomic E-state index is 0.0624. The molecule has 2 aromatic carbocycles. The molecule has 6 heteroatoms. The molecule has 0 N–H and O–H groups in total. The summed E-state index contributed by atoms with van der Waals surface area (Å²) in [6, 6.07) is 11.7. The molecule has 4 aromatic rings. The van der Waals surface area contributed by atoms with E-state index in [4.69, 9.17) is 0 Å². The van der Waals surface area contributed by atoms with Crippen LogP contribution in [0, 0.1) is 0 Å². The predicted octanol–water partition coefficient (Wildman–Crippen LogP) is 0.794. The van der Waals surface area contributed by atoms with Crippen LogP contribution < -0.4 is 5.11 Å². The Kier molecular flexibility index (Phi) is 2.03. The smallest absolute Gasteiger partial charge is 0.187 e. The van der Waals surface area contributed by atoms with Crippen molar-refractivity contribution >= 4 is 33.4 Å². The number of benzene rings is 2. The average molecular weight is 263 g/mol. The van der Waals surface area contributed by atoms with E-state index >= 15 is 0 Å². The lowest BCUT2D eigenvalue weighted by molar-refractivity contribution is -0.254. The van der Waals surface area contributed by atoms with Gasteiger partial charge in [0.25, 0.3) is 0 Å². The minimum Gasteiger partial charge on any atom is -0.545 e. The molecule has 2 aromatic heterocycles. The quantitative estimate of drug-likeness (QED) is 0.474. The number of hydrogen-bond donors (Lipinski definition) is 0. The van der Waals surface area contributed by atoms with Crippen LogP contribution in [-0.4, -0.2) is 25.8 Å². The van der Waals surface area contributed by atoms with Crippen molar-refractivity contribution in [2.45, 2.75) is 0 Å². The van der Waals surface area contributed by atoms with Crippen LogP contribution in [0.15, 0.2) is 42.6 Å². The molecule has 0 bridgehead atoms. The average Bonchev–Trinajstić information content (AvgIpc) is 2.89. The molecular formula is C14H7N4O2-. The van der Waals surface area contributed by atoms with E-state index in [1.54, 1.807) is 0 Å². The van der Waals surface area contributed by atoms with E-state index in [-0.39, 0.29) is 11.2 Å². The molecule has 2 heterocycles. The summed E-state index contributed by atoms with van der Waals surface area (Å²) >= 11 is 0. The number of carboxylic acids is 1. The summed E-state index contributed by atoms with van der Waals surface area (Å²) in [5.41, 5.74) is 1.49. The Hall–Kier alpha value is -3.02. The number of aromatic carboxylic acids is 1. The Bertz CT molecular complexity index is 990. The van der Waals surface area contributed by atoms with Crippen LogP contribution in [0.1, 0.15) is 10.4 Å². The van der Waals surface area contributed by atoms with Gasteiger partial charge in [-0.3, -0.25) is 0 Å². The summed E-state index contributed by atoms with van der Waals surface area (Å²) in [4.78, 5) is 11.0. The van der Waals surface area contributed by atoms with Gasteiger partial charge < -0.3 is 9.90 Å². The van der Waals surface area contributed by atoms with Gasteiger partial charge in [-0.15, -0.1) is 10.2 Å². The summed E-state index contributed by atoms with van der Waals surface area (Å²) in [7, 11) is 0. The van der Waals surface area contributed by atoms with Crippen LogP contribution in [0.5, 0.6) is 0 Å². The molecule has 0 aliphatic heterocycles. The molecule has 0 fully saturated rings. The summed E-state index contributed by atoms with van der Waals surface area (Å²) in [5, 5.41) is 25.1. The van der Waals surface area contributed by atoms with Crippen molar-refractivity contribution in [1.82, 2.24) is 19.8 Å². The standard InChI is InChI=1S/C14H8N4O2/c19-14(20)10-7-15-18-12-6-9-4-2-1-3-8(9)5-11(12)16-17-13(10)18/h1-7H,(H,19,20)/p-1. The maximum Gasteiger partial charge on any atom is 0.187 e. The number of carbonyl (C=O) groups is 1. The first-order chi connectivity index (χ1) is 9.74. The fourth-order valence-corrected chi connectivity index (χ4v) is 2.33. The molecule has 96 valence electrons. The maximum absolute atomic E-state index is 11.0. The number of fused-ring (bicyclic) bond motifs is 4. The maximum atomic E-state index is 11.0. The van der Waals surface area contributed by atoms with Crippen LogP contribution in [0.25, 0.3) is 27.5 Å². The Labute approximate surface area is 112 Å². The van der Waals surface area contributed by atoms with Crippen molar-refractivity contribution in [2.24, 2.45) is 0 Å². The molecule has 6 nitrogen and oxygen atoms in total. The summed E-state index contributed by atoms with van der Waals surface area (Å²) in [5.74, 6) is -1.31. The van der Waals surface area contributed by atoms with Crippen LogP contribution in [0.4, 0.5) is 0 Å². The third-order valence-electron chi connectivity index (χ3n) is 3.29. The normalized spacial score (nSPS) is 11.4. The Morgan fingerprint density at radius 3 is 2.60 bits per heavy atom. The molecule has 0 aliphatic carbocycles. The summed E-state index contributed by atoms with van der Waals surface area (Å²) in [6.45, 7) is 0. The topological polar surface area (TPSA) is 83.2 Å². The van der Waals surface area contributed by atoms with Crippen molar-refractivity contribution in [2.75, 3.05) is 0 Å². The van der Waals surface area contributed by atoms with Crippen molar-refractivity contribution in [3.05, 3.63) is 48.2 Å². The van der Waals surface area contributed by atoms with Crippen molar-refractivity contribution in [1.29, 1.82) is 0 Å². The fraction of sp³-hybridized carbons (Fsp3) is 0. The van der Waals surface area contributed by atoms with E-state index in [1.807, 2.05) is 36.4 Å². The highest BCUT2D eigenvalue weighted by molar-refractivity contribution is 5.97. The molecule has 0 radical (unpaired) electrons. The van der Waals surface area contributed by atoms with Gasteiger partial charge in [-0.25, -0.2) is 4.52 Å². The van der Waals surface area contributed by atoms with Gasteiger partial charge in [-0.05, 0) is 22.9 Å². The molecule has 0 amide bonds. The largest absolute Gasteiger partial charge is 0.545 e. The zero-order valence-electron chi connectivity index (χ0n) is 10.1. The van der Waals surface area contributed by atoms with E-state index in [0.717, 1.165) is 10.8 Å². The molecule has 20 heavy (non-hydrogen) atoms. The minimum atomic E-state index is -1.31. The van der Waals surface area contributed by atoms with Gasteiger partial charge in [0.05, 0.1) is 23.2 Å². The van der Waals surface area contributed by atoms with E-state index in [1.165, 1.54) is 10.7 Å². The highest BCUT2D eigenvalue weighted by atomic mass is 16.4. The van der Waals surface area contributed by atoms with E-state index < -0.39 is 5.97 Å². The second kappa shape index (κ2) is 3.74. The van der Waals surface area contributed by atoms with E-state index in [2.05, 4.69) is 15.3 Å². The molecule has 0 saturated heterocycles. The number of rotatable bonds is 1. The Balaban J connectivity index is 2.18. The van der Waals surface area contributed by atoms with Crippen LogP contribution in [0.3, 0.4) is 0 Å². The molecular weight excluding hydrogens is 256 g/mol. The number of aromatic nitrogens is 4. The van der Waals surface area contributed by atoms with Gasteiger partial charge >= 0.3 is 0 Å². The first kappa shape index (κ1) is 10.9. The van der Waals surface area contributed by atoms with Gasteiger partial charge in [0.2, 0.25) is 0 Å². The van der Waals surface area contributed by atoms with Crippen molar-refractivity contribution in [3.8, 4) is 0 Å². The molecule has 0 atom stereocenters. The number of carboxylic acid groups (broad SMARTS) is 1. The molecule has 4 rings (SSSR count). The van der Waals surface area contributed by atoms with Gasteiger partial charge in [0.1, 0.15) is 5.52 Å². The Morgan fingerprint density at radius 1 is 1.10 bits per heavy atom. The highest BCUT2D eigenvalue weighted by Gasteiger charge is 2.11. The molecule has 0 saturated carbocycles. The zero-order valence-corrected chi connectivity index (χ0v) is 10.1. The lowest BCUT2D eigenvalue weighted by Crippen LogP contribution is -2.22. The van der Waals surface area contributed by atoms with E-state index in [0.29, 0.717) is 11.0 Å². The molecule has 0 unspecified atom stereocenters. The first-order valence-electron chi connectivity index (χ1n) is 5.98. The van der Waals surface area contributed by atoms with Crippen LogP contribution >= 0.6 is 0 Å². The number of nitrogens with zero attached hydrogens (tertiary/aromatic N) is 4. The highest BCUT2D eigenvalue weighted by Crippen LogP contribution is 2.22. The second-order valence-electron chi connectivity index (χ2n) is 4.47. The Morgan fingerprint density at radius 2 is 1.85 bits per heavy atom. The summed E-state index contributed by atoms with van der Waals surface area (Å²) in [6.07, 6.45) is 1.23. The third kappa shape index (κ3) is 1.38. The van der Waals surface area contributed by atoms with Crippen molar-refractivity contribution in [3.63, 3.8) is 0 Å². The number of hydrogen-bond acceptors (Lipinski definition) is 5. The van der Waals surface area contributed by atoms with Crippen LogP contribution in [0.2, 0.25) is 0 Å². The van der Waals surface area contributed by atoms with Gasteiger partial charge in [-0.1, -0.05) is 24.3 Å². The van der Waals surface area contributed by atoms with Crippen LogP contribution in [-0.2, 0) is 0 Å². The predicted molar refractivity (Wildman–Crippen MR) is 70.1 cm³/mol. The molecule has 0 aliphatic rings. The second-order valence-corrected chi connectivity index (χ2v) is 4.47. The van der Waals surface area contributed by atoms with Gasteiger partial charge in [0, 0.05) is 0 Å². The zero-order chi connectivity index (χ0) is 13.7. The third-order valence-corrected chi connectivity index (χ3v) is 3.29. The summed E-state index contributed by atoms with van der Waals surface area (Å²) < 4.78 is 1.47.